The number of phosphoric ester groups is 1. The van der Waals surface area contributed by atoms with Crippen molar-refractivity contribution >= 4 is 19.7 Å². The lowest BCUT2D eigenvalue weighted by molar-refractivity contribution is -0.870. The number of carbonyl (C=O) groups is 2. The molecule has 0 saturated heterocycles. The average Bonchev–Trinajstić information content (AvgIpc) is 3.34. The van der Waals surface area contributed by atoms with Crippen molar-refractivity contribution in [3.8, 4) is 0 Å². The van der Waals surface area contributed by atoms with Crippen LogP contribution in [0.15, 0.2) is 48.6 Å². The highest BCUT2D eigenvalue weighted by Crippen LogP contribution is 2.43. The van der Waals surface area contributed by atoms with Crippen LogP contribution in [-0.2, 0) is 27.9 Å². The van der Waals surface area contributed by atoms with Crippen LogP contribution < -0.4 is 5.32 Å². The number of esters is 1. The predicted molar refractivity (Wildman–Crippen MR) is 309 cm³/mol. The van der Waals surface area contributed by atoms with Gasteiger partial charge in [-0.1, -0.05) is 269 Å². The van der Waals surface area contributed by atoms with Gasteiger partial charge in [0.1, 0.15) is 19.3 Å². The molecule has 1 amide bonds. The molecule has 0 aliphatic carbocycles. The molecule has 0 heterocycles. The largest absolute Gasteiger partial charge is 0.472 e. The van der Waals surface area contributed by atoms with Crippen molar-refractivity contribution < 1.29 is 37.3 Å². The fourth-order valence-corrected chi connectivity index (χ4v) is 9.62. The van der Waals surface area contributed by atoms with Crippen molar-refractivity contribution in [1.82, 2.24) is 5.32 Å². The van der Waals surface area contributed by atoms with E-state index in [9.17, 15) is 19.0 Å². The first-order valence-corrected chi connectivity index (χ1v) is 32.0. The molecule has 0 saturated carbocycles. The summed E-state index contributed by atoms with van der Waals surface area (Å²) >= 11 is 0. The molecule has 0 aromatic heterocycles. The Morgan fingerprint density at radius 1 is 0.500 bits per heavy atom. The van der Waals surface area contributed by atoms with Crippen LogP contribution in [0.2, 0.25) is 0 Å². The molecule has 0 fully saturated rings. The summed E-state index contributed by atoms with van der Waals surface area (Å²) in [5.41, 5.74) is 0. The van der Waals surface area contributed by atoms with Gasteiger partial charge < -0.3 is 19.4 Å². The Morgan fingerprint density at radius 2 is 0.889 bits per heavy atom. The third kappa shape index (κ3) is 52.8. The van der Waals surface area contributed by atoms with E-state index >= 15 is 0 Å². The van der Waals surface area contributed by atoms with Crippen LogP contribution in [0, 0.1) is 0 Å². The monoisotopic (exact) mass is 1030 g/mol. The van der Waals surface area contributed by atoms with E-state index in [1.807, 2.05) is 33.3 Å². The lowest BCUT2D eigenvalue weighted by atomic mass is 10.0. The quantitative estimate of drug-likeness (QED) is 0.0156. The SMILES string of the molecule is CC/C=C/C=C/C=C\CCCCCCCC(=O)OC(/C=C/CCCCCCCCCCCC)C(COP(=O)(O)OCC[N+](C)(C)C)NC(=O)CCCCCCCCCCCCCCCCCCCCCCC. The summed E-state index contributed by atoms with van der Waals surface area (Å²) in [6.45, 7) is 6.89. The number of hydrogen-bond acceptors (Lipinski definition) is 6. The summed E-state index contributed by atoms with van der Waals surface area (Å²) in [4.78, 5) is 37.6. The minimum Gasteiger partial charge on any atom is -0.456 e. The smallest absolute Gasteiger partial charge is 0.456 e. The van der Waals surface area contributed by atoms with Crippen molar-refractivity contribution in [2.45, 2.75) is 296 Å². The number of unbranched alkanes of at least 4 members (excludes halogenated alkanes) is 35. The van der Waals surface area contributed by atoms with E-state index in [0.717, 1.165) is 83.5 Å². The second-order valence-corrected chi connectivity index (χ2v) is 23.4. The Bertz CT molecular complexity index is 1380. The van der Waals surface area contributed by atoms with Crippen LogP contribution in [-0.4, -0.2) is 74.3 Å². The van der Waals surface area contributed by atoms with Gasteiger partial charge in [-0.25, -0.2) is 4.57 Å². The highest BCUT2D eigenvalue weighted by Gasteiger charge is 2.30. The number of ether oxygens (including phenoxy) is 1. The third-order valence-corrected chi connectivity index (χ3v) is 14.6. The van der Waals surface area contributed by atoms with Gasteiger partial charge in [0.25, 0.3) is 0 Å². The summed E-state index contributed by atoms with van der Waals surface area (Å²) in [6, 6.07) is -0.853. The topological polar surface area (TPSA) is 111 Å². The van der Waals surface area contributed by atoms with Crippen LogP contribution in [0.25, 0.3) is 0 Å². The van der Waals surface area contributed by atoms with Crippen molar-refractivity contribution in [1.29, 1.82) is 0 Å². The maximum atomic E-state index is 13.5. The van der Waals surface area contributed by atoms with Gasteiger partial charge in [0.15, 0.2) is 0 Å². The van der Waals surface area contributed by atoms with Gasteiger partial charge in [-0.05, 0) is 51.0 Å². The standard InChI is InChI=1S/C62H117N2O7P/c1-7-10-13-16-19-22-25-28-29-30-31-32-33-34-35-37-39-42-45-48-51-54-61(65)63-59(58-70-72(67,68)69-57-56-64(4,5)6)60(53-50-47-44-41-38-27-24-21-18-15-12-9-3)71-62(66)55-52-49-46-43-40-36-26-23-20-17-14-11-8-2/h11,14,17,20,23,26,50,53,59-60H,7-10,12-13,15-16,18-19,21-22,24-25,27-49,51-52,54-58H2,1-6H3,(H-,63,65,67,68)/p+1/b14-11+,20-17+,26-23-,53-50+. The molecule has 0 rings (SSSR count). The van der Waals surface area contributed by atoms with Crippen LogP contribution in [0.1, 0.15) is 284 Å². The molecule has 10 heteroatoms. The summed E-state index contributed by atoms with van der Waals surface area (Å²) < 4.78 is 30.6. The maximum Gasteiger partial charge on any atom is 0.472 e. The lowest BCUT2D eigenvalue weighted by Crippen LogP contribution is -2.47. The van der Waals surface area contributed by atoms with E-state index in [2.05, 4.69) is 62.5 Å². The zero-order valence-electron chi connectivity index (χ0n) is 48.2. The zero-order valence-corrected chi connectivity index (χ0v) is 49.1. The lowest BCUT2D eigenvalue weighted by Gasteiger charge is -2.27. The zero-order chi connectivity index (χ0) is 52.9. The average molecular weight is 1030 g/mol. The van der Waals surface area contributed by atoms with Gasteiger partial charge >= 0.3 is 13.8 Å². The molecule has 0 aliphatic rings. The molecule has 3 unspecified atom stereocenters. The van der Waals surface area contributed by atoms with Crippen LogP contribution >= 0.6 is 7.82 Å². The predicted octanol–water partition coefficient (Wildman–Crippen LogP) is 18.5. The number of likely N-dealkylation sites (N-methyl/N-ethyl adjacent to an activating group) is 1. The summed E-state index contributed by atoms with van der Waals surface area (Å²) in [6.07, 6.45) is 64.0. The van der Waals surface area contributed by atoms with Gasteiger partial charge in [-0.15, -0.1) is 0 Å². The first kappa shape index (κ1) is 70.0. The van der Waals surface area contributed by atoms with Gasteiger partial charge in [0.2, 0.25) is 5.91 Å². The van der Waals surface area contributed by atoms with E-state index in [1.165, 1.54) is 167 Å². The van der Waals surface area contributed by atoms with Crippen molar-refractivity contribution in [2.24, 2.45) is 0 Å². The number of allylic oxidation sites excluding steroid dienone is 7. The number of nitrogens with one attached hydrogen (secondary N) is 1. The van der Waals surface area contributed by atoms with E-state index in [1.54, 1.807) is 0 Å². The van der Waals surface area contributed by atoms with Gasteiger partial charge in [-0.3, -0.25) is 18.6 Å². The summed E-state index contributed by atoms with van der Waals surface area (Å²) in [5, 5.41) is 3.05. The number of nitrogens with zero attached hydrogens (tertiary/aromatic N) is 1. The number of phosphoric acid groups is 1. The molecule has 0 aromatic carbocycles. The minimum atomic E-state index is -4.45. The molecule has 9 nitrogen and oxygen atoms in total. The first-order chi connectivity index (χ1) is 34.9. The van der Waals surface area contributed by atoms with Gasteiger partial charge in [0, 0.05) is 12.8 Å². The summed E-state index contributed by atoms with van der Waals surface area (Å²) in [5.74, 6) is -0.520. The third-order valence-electron chi connectivity index (χ3n) is 13.6. The number of carbonyl (C=O) groups excluding carboxylic acids is 2. The molecular formula is C62H118N2O7P+. The molecular weight excluding hydrogens is 916 g/mol. The maximum absolute atomic E-state index is 13.5. The Kier molecular flexibility index (Phi) is 50.9. The second-order valence-electron chi connectivity index (χ2n) is 21.9. The molecule has 422 valence electrons. The number of amides is 1. The van der Waals surface area contributed by atoms with Crippen molar-refractivity contribution in [3.63, 3.8) is 0 Å². The van der Waals surface area contributed by atoms with Crippen molar-refractivity contribution in [2.75, 3.05) is 40.9 Å². The number of hydrogen-bond donors (Lipinski definition) is 2. The molecule has 0 aliphatic heterocycles. The highest BCUT2D eigenvalue weighted by molar-refractivity contribution is 7.47. The molecule has 0 bridgehead atoms. The van der Waals surface area contributed by atoms with Crippen LogP contribution in [0.5, 0.6) is 0 Å². The number of rotatable bonds is 55. The Balaban J connectivity index is 5.19. The van der Waals surface area contributed by atoms with E-state index < -0.39 is 20.0 Å². The van der Waals surface area contributed by atoms with Crippen molar-refractivity contribution in [3.05, 3.63) is 48.6 Å². The van der Waals surface area contributed by atoms with Gasteiger partial charge in [-0.2, -0.15) is 0 Å². The van der Waals surface area contributed by atoms with Crippen LogP contribution in [0.3, 0.4) is 0 Å². The molecule has 2 N–H and O–H groups in total. The molecule has 0 spiro atoms. The van der Waals surface area contributed by atoms with E-state index in [0.29, 0.717) is 17.4 Å². The van der Waals surface area contributed by atoms with Crippen LogP contribution in [0.4, 0.5) is 0 Å². The molecule has 3 atom stereocenters. The normalized spacial score (nSPS) is 14.0. The Hall–Kier alpha value is -2.03. The van der Waals surface area contributed by atoms with E-state index in [-0.39, 0.29) is 31.5 Å². The molecule has 72 heavy (non-hydrogen) atoms. The fourth-order valence-electron chi connectivity index (χ4n) is 8.88. The van der Waals surface area contributed by atoms with E-state index in [4.69, 9.17) is 13.8 Å². The van der Waals surface area contributed by atoms with Gasteiger partial charge in [0.05, 0.1) is 33.8 Å². The Morgan fingerprint density at radius 3 is 1.32 bits per heavy atom. The fraction of sp³-hybridized carbons (Fsp3) is 0.839. The Labute approximate surface area is 446 Å². The highest BCUT2D eigenvalue weighted by atomic mass is 31.2. The second kappa shape index (κ2) is 52.4. The minimum absolute atomic E-state index is 0.0376. The number of quaternary nitrogens is 1. The first-order valence-electron chi connectivity index (χ1n) is 30.5. The molecule has 0 radical (unpaired) electrons. The summed E-state index contributed by atoms with van der Waals surface area (Å²) in [7, 11) is 1.49. The molecule has 0 aromatic rings.